The summed E-state index contributed by atoms with van der Waals surface area (Å²) >= 11 is 0. The molecule has 80 valence electrons. The maximum Gasteiger partial charge on any atom is 0.341 e. The molecule has 0 aliphatic carbocycles. The molecule has 0 saturated carbocycles. The number of esters is 1. The normalized spacial score (nSPS) is 25.1. The summed E-state index contributed by atoms with van der Waals surface area (Å²) in [5.74, 6) is -0.199. The van der Waals surface area contributed by atoms with E-state index in [0.717, 1.165) is 26.0 Å². The molecule has 0 bridgehead atoms. The maximum absolute atomic E-state index is 9.94. The standard InChI is InChI=1S/C6H13NO.C4H4O2/c1-2-6-7-4-3-5-8-6;1-3-2-6-4(3)5/h6-7H,2-5H2,1H3;2H,1H3. The Balaban J connectivity index is 0.000000146. The number of ether oxygens (including phenoxy) is 2. The Labute approximate surface area is 84.3 Å². The second-order valence-electron chi connectivity index (χ2n) is 3.28. The van der Waals surface area contributed by atoms with Crippen LogP contribution in [0.25, 0.3) is 0 Å². The zero-order valence-electron chi connectivity index (χ0n) is 8.71. The van der Waals surface area contributed by atoms with Gasteiger partial charge in [-0.05, 0) is 26.3 Å². The van der Waals surface area contributed by atoms with Crippen molar-refractivity contribution in [2.45, 2.75) is 32.9 Å². The lowest BCUT2D eigenvalue weighted by molar-refractivity contribution is -0.138. The molecule has 0 spiro atoms. The van der Waals surface area contributed by atoms with Crippen molar-refractivity contribution in [2.24, 2.45) is 0 Å². The fourth-order valence-corrected chi connectivity index (χ4v) is 1.11. The Hall–Kier alpha value is -0.870. The molecule has 0 aromatic rings. The van der Waals surface area contributed by atoms with Crippen LogP contribution in [0.15, 0.2) is 11.8 Å². The van der Waals surface area contributed by atoms with E-state index >= 15 is 0 Å². The van der Waals surface area contributed by atoms with E-state index in [2.05, 4.69) is 17.0 Å². The van der Waals surface area contributed by atoms with Crippen molar-refractivity contribution in [3.8, 4) is 0 Å². The lowest BCUT2D eigenvalue weighted by Gasteiger charge is -2.22. The lowest BCUT2D eigenvalue weighted by Crippen LogP contribution is -2.37. The van der Waals surface area contributed by atoms with Crippen molar-refractivity contribution in [1.29, 1.82) is 0 Å². The van der Waals surface area contributed by atoms with E-state index in [9.17, 15) is 4.79 Å². The second kappa shape index (κ2) is 5.78. The van der Waals surface area contributed by atoms with Gasteiger partial charge in [-0.3, -0.25) is 5.32 Å². The SMILES string of the molecule is CC1=COC1=O.CCC1NCCCO1. The summed E-state index contributed by atoms with van der Waals surface area (Å²) in [4.78, 5) is 9.94. The molecule has 1 fully saturated rings. The van der Waals surface area contributed by atoms with Crippen LogP contribution < -0.4 is 5.32 Å². The number of cyclic esters (lactones) is 1. The summed E-state index contributed by atoms with van der Waals surface area (Å²) in [6, 6.07) is 0. The van der Waals surface area contributed by atoms with E-state index < -0.39 is 0 Å². The van der Waals surface area contributed by atoms with Gasteiger partial charge in [0.15, 0.2) is 0 Å². The predicted molar refractivity (Wildman–Crippen MR) is 52.5 cm³/mol. The average Bonchev–Trinajstić information content (AvgIpc) is 2.28. The van der Waals surface area contributed by atoms with Crippen LogP contribution >= 0.6 is 0 Å². The molecular weight excluding hydrogens is 182 g/mol. The minimum absolute atomic E-state index is 0.199. The first-order chi connectivity index (χ1) is 6.74. The fourth-order valence-electron chi connectivity index (χ4n) is 1.11. The number of nitrogens with one attached hydrogen (secondary N) is 1. The van der Waals surface area contributed by atoms with Crippen LogP contribution in [-0.2, 0) is 14.3 Å². The predicted octanol–water partition coefficient (Wildman–Crippen LogP) is 1.18. The molecule has 1 unspecified atom stereocenters. The summed E-state index contributed by atoms with van der Waals surface area (Å²) in [6.07, 6.45) is 4.02. The zero-order chi connectivity index (χ0) is 10.4. The van der Waals surface area contributed by atoms with E-state index in [4.69, 9.17) is 4.74 Å². The quantitative estimate of drug-likeness (QED) is 0.644. The first-order valence-electron chi connectivity index (χ1n) is 4.96. The van der Waals surface area contributed by atoms with Crippen molar-refractivity contribution < 1.29 is 14.3 Å². The number of carbonyl (C=O) groups excluding carboxylic acids is 1. The number of rotatable bonds is 1. The molecule has 1 saturated heterocycles. The Morgan fingerprint density at radius 2 is 2.36 bits per heavy atom. The zero-order valence-corrected chi connectivity index (χ0v) is 8.71. The molecule has 2 aliphatic rings. The van der Waals surface area contributed by atoms with E-state index in [-0.39, 0.29) is 5.97 Å². The van der Waals surface area contributed by atoms with Crippen molar-refractivity contribution >= 4 is 5.97 Å². The van der Waals surface area contributed by atoms with Gasteiger partial charge in [-0.25, -0.2) is 4.79 Å². The van der Waals surface area contributed by atoms with Crippen LogP contribution in [-0.4, -0.2) is 25.3 Å². The Kier molecular flexibility index (Phi) is 4.62. The topological polar surface area (TPSA) is 47.6 Å². The van der Waals surface area contributed by atoms with Gasteiger partial charge < -0.3 is 9.47 Å². The van der Waals surface area contributed by atoms with Crippen LogP contribution in [0.5, 0.6) is 0 Å². The van der Waals surface area contributed by atoms with Crippen molar-refractivity contribution in [2.75, 3.05) is 13.2 Å². The van der Waals surface area contributed by atoms with Crippen LogP contribution in [0.3, 0.4) is 0 Å². The molecule has 4 heteroatoms. The van der Waals surface area contributed by atoms with E-state index in [1.165, 1.54) is 6.26 Å². The third-order valence-electron chi connectivity index (χ3n) is 2.05. The molecule has 0 aromatic carbocycles. The molecular formula is C10H17NO3. The van der Waals surface area contributed by atoms with E-state index in [1.54, 1.807) is 6.92 Å². The van der Waals surface area contributed by atoms with E-state index in [0.29, 0.717) is 11.8 Å². The van der Waals surface area contributed by atoms with Gasteiger partial charge in [0.05, 0.1) is 5.57 Å². The third-order valence-corrected chi connectivity index (χ3v) is 2.05. The fraction of sp³-hybridized carbons (Fsp3) is 0.700. The first-order valence-corrected chi connectivity index (χ1v) is 4.96. The van der Waals surface area contributed by atoms with Crippen molar-refractivity contribution in [1.82, 2.24) is 5.32 Å². The van der Waals surface area contributed by atoms with Gasteiger partial charge in [0.2, 0.25) is 0 Å². The van der Waals surface area contributed by atoms with Gasteiger partial charge in [-0.15, -0.1) is 0 Å². The summed E-state index contributed by atoms with van der Waals surface area (Å²) in [5, 5.41) is 3.25. The minimum Gasteiger partial charge on any atom is -0.430 e. The monoisotopic (exact) mass is 199 g/mol. The summed E-state index contributed by atoms with van der Waals surface area (Å²) < 4.78 is 9.56. The maximum atomic E-state index is 9.94. The molecule has 1 N–H and O–H groups in total. The highest BCUT2D eigenvalue weighted by atomic mass is 16.5. The summed E-state index contributed by atoms with van der Waals surface area (Å²) in [7, 11) is 0. The highest BCUT2D eigenvalue weighted by molar-refractivity contribution is 5.92. The Morgan fingerprint density at radius 3 is 2.57 bits per heavy atom. The molecule has 0 aromatic heterocycles. The molecule has 0 radical (unpaired) electrons. The van der Waals surface area contributed by atoms with Gasteiger partial charge in [0, 0.05) is 6.61 Å². The van der Waals surface area contributed by atoms with Crippen molar-refractivity contribution in [3.63, 3.8) is 0 Å². The van der Waals surface area contributed by atoms with Gasteiger partial charge in [0.25, 0.3) is 0 Å². The number of hydrogen-bond acceptors (Lipinski definition) is 4. The highest BCUT2D eigenvalue weighted by Crippen LogP contribution is 2.06. The summed E-state index contributed by atoms with van der Waals surface area (Å²) in [6.45, 7) is 5.90. The Bertz CT molecular complexity index is 219. The average molecular weight is 199 g/mol. The van der Waals surface area contributed by atoms with Crippen LogP contribution in [0, 0.1) is 0 Å². The second-order valence-corrected chi connectivity index (χ2v) is 3.28. The van der Waals surface area contributed by atoms with E-state index in [1.807, 2.05) is 0 Å². The van der Waals surface area contributed by atoms with Gasteiger partial charge in [0.1, 0.15) is 12.5 Å². The van der Waals surface area contributed by atoms with Crippen LogP contribution in [0.4, 0.5) is 0 Å². The van der Waals surface area contributed by atoms with Gasteiger partial charge in [-0.1, -0.05) is 6.92 Å². The molecule has 0 amide bonds. The molecule has 14 heavy (non-hydrogen) atoms. The Morgan fingerprint density at radius 1 is 1.64 bits per heavy atom. The molecule has 4 nitrogen and oxygen atoms in total. The highest BCUT2D eigenvalue weighted by Gasteiger charge is 2.12. The third kappa shape index (κ3) is 3.47. The van der Waals surface area contributed by atoms with Crippen molar-refractivity contribution in [3.05, 3.63) is 11.8 Å². The lowest BCUT2D eigenvalue weighted by atomic mass is 10.3. The van der Waals surface area contributed by atoms with Gasteiger partial charge in [-0.2, -0.15) is 0 Å². The number of carbonyl (C=O) groups is 1. The summed E-state index contributed by atoms with van der Waals surface area (Å²) in [5.41, 5.74) is 0.704. The largest absolute Gasteiger partial charge is 0.430 e. The van der Waals surface area contributed by atoms with Gasteiger partial charge >= 0.3 is 5.97 Å². The number of hydrogen-bond donors (Lipinski definition) is 1. The smallest absolute Gasteiger partial charge is 0.341 e. The molecule has 1 atom stereocenters. The first kappa shape index (κ1) is 11.2. The molecule has 2 aliphatic heterocycles. The van der Waals surface area contributed by atoms with Crippen LogP contribution in [0.1, 0.15) is 26.7 Å². The minimum atomic E-state index is -0.199. The van der Waals surface area contributed by atoms with Crippen LogP contribution in [0.2, 0.25) is 0 Å². The molecule has 2 rings (SSSR count). The molecule has 2 heterocycles.